The number of rotatable bonds is 12. The number of hydrogen-bond acceptors (Lipinski definition) is 5. The van der Waals surface area contributed by atoms with Crippen LogP contribution >= 0.6 is 0 Å². The van der Waals surface area contributed by atoms with E-state index >= 15 is 0 Å². The predicted molar refractivity (Wildman–Crippen MR) is 91.7 cm³/mol. The number of carbonyl (C=O) groups excluding carboxylic acids is 1. The summed E-state index contributed by atoms with van der Waals surface area (Å²) in [6.07, 6.45) is 12.9. The van der Waals surface area contributed by atoms with Crippen molar-refractivity contribution in [1.29, 1.82) is 0 Å². The van der Waals surface area contributed by atoms with E-state index in [-0.39, 0.29) is 5.97 Å². The molecule has 0 spiro atoms. The molecule has 0 bridgehead atoms. The van der Waals surface area contributed by atoms with Crippen LogP contribution in [0.5, 0.6) is 0 Å². The van der Waals surface area contributed by atoms with Crippen LogP contribution in [0.2, 0.25) is 0 Å². The van der Waals surface area contributed by atoms with E-state index in [2.05, 4.69) is 6.92 Å². The van der Waals surface area contributed by atoms with E-state index < -0.39 is 18.0 Å². The lowest BCUT2D eigenvalue weighted by atomic mass is 10.1. The summed E-state index contributed by atoms with van der Waals surface area (Å²) in [5.74, 6) is -3.93. The lowest BCUT2D eigenvalue weighted by Gasteiger charge is -2.06. The molecule has 0 aliphatic carbocycles. The molecule has 0 aliphatic rings. The van der Waals surface area contributed by atoms with Gasteiger partial charge in [-0.3, -0.25) is 4.79 Å². The first-order chi connectivity index (χ1) is 11.3. The first-order valence-electron chi connectivity index (χ1n) is 8.71. The van der Waals surface area contributed by atoms with Crippen molar-refractivity contribution in [2.45, 2.75) is 84.1 Å². The van der Waals surface area contributed by atoms with E-state index in [1.807, 2.05) is 0 Å². The van der Waals surface area contributed by atoms with E-state index in [0.717, 1.165) is 12.8 Å². The molecule has 0 heterocycles. The van der Waals surface area contributed by atoms with Gasteiger partial charge in [-0.2, -0.15) is 0 Å². The minimum Gasteiger partial charge on any atom is -0.473 e. The highest BCUT2D eigenvalue weighted by molar-refractivity contribution is 6.27. The van der Waals surface area contributed by atoms with Gasteiger partial charge < -0.3 is 20.7 Å². The number of carboxylic acid groups (broad SMARTS) is 2. The Morgan fingerprint density at radius 1 is 0.833 bits per heavy atom. The third kappa shape index (κ3) is 20.4. The highest BCUT2D eigenvalue weighted by atomic mass is 16.5. The Morgan fingerprint density at radius 3 is 1.54 bits per heavy atom. The summed E-state index contributed by atoms with van der Waals surface area (Å²) in [5.41, 5.74) is 5.39. The standard InChI is InChI=1S/C15H31NO2.C2H2O4/c1-3-4-5-6-7-8-9-10-11-12-13-18-15(17)14(2)16;3-1(4)2(5)6/h14H,3-13,16H2,1-2H3;(H,3,4)(H,5,6). The molecule has 0 amide bonds. The maximum Gasteiger partial charge on any atom is 0.414 e. The van der Waals surface area contributed by atoms with Crippen molar-refractivity contribution in [3.05, 3.63) is 0 Å². The first kappa shape index (κ1) is 24.6. The molecule has 0 aromatic carbocycles. The Morgan fingerprint density at radius 2 is 1.21 bits per heavy atom. The van der Waals surface area contributed by atoms with Gasteiger partial charge in [-0.05, 0) is 13.3 Å². The van der Waals surface area contributed by atoms with Gasteiger partial charge >= 0.3 is 17.9 Å². The molecule has 24 heavy (non-hydrogen) atoms. The summed E-state index contributed by atoms with van der Waals surface area (Å²) < 4.78 is 5.01. The van der Waals surface area contributed by atoms with Crippen molar-refractivity contribution in [1.82, 2.24) is 0 Å². The number of unbranched alkanes of at least 4 members (excludes halogenated alkanes) is 9. The van der Waals surface area contributed by atoms with E-state index in [4.69, 9.17) is 30.3 Å². The molecule has 0 rings (SSSR count). The van der Waals surface area contributed by atoms with Crippen LogP contribution in [0.25, 0.3) is 0 Å². The molecule has 0 aliphatic heterocycles. The third-order valence-corrected chi connectivity index (χ3v) is 3.30. The molecule has 1 atom stereocenters. The number of carboxylic acids is 2. The average Bonchev–Trinajstić information content (AvgIpc) is 2.52. The molecule has 0 saturated carbocycles. The van der Waals surface area contributed by atoms with Gasteiger partial charge in [0.25, 0.3) is 0 Å². The fourth-order valence-corrected chi connectivity index (χ4v) is 1.89. The normalized spacial score (nSPS) is 11.1. The smallest absolute Gasteiger partial charge is 0.414 e. The van der Waals surface area contributed by atoms with Crippen LogP contribution in [0.3, 0.4) is 0 Å². The van der Waals surface area contributed by atoms with Crippen molar-refractivity contribution in [2.24, 2.45) is 5.73 Å². The SMILES string of the molecule is CCCCCCCCCCCCOC(=O)C(C)N.O=C(O)C(=O)O. The van der Waals surface area contributed by atoms with Crippen molar-refractivity contribution >= 4 is 17.9 Å². The Labute approximate surface area is 144 Å². The van der Waals surface area contributed by atoms with E-state index in [1.54, 1.807) is 6.92 Å². The Kier molecular flexibility index (Phi) is 18.2. The second-order valence-electron chi connectivity index (χ2n) is 5.75. The van der Waals surface area contributed by atoms with Gasteiger partial charge in [0.2, 0.25) is 0 Å². The maximum atomic E-state index is 11.1. The van der Waals surface area contributed by atoms with Crippen molar-refractivity contribution in [2.75, 3.05) is 6.61 Å². The number of hydrogen-bond donors (Lipinski definition) is 3. The highest BCUT2D eigenvalue weighted by Crippen LogP contribution is 2.10. The van der Waals surface area contributed by atoms with Gasteiger partial charge in [-0.15, -0.1) is 0 Å². The second-order valence-corrected chi connectivity index (χ2v) is 5.75. The summed E-state index contributed by atoms with van der Waals surface area (Å²) in [4.78, 5) is 29.3. The Balaban J connectivity index is 0. The summed E-state index contributed by atoms with van der Waals surface area (Å²) in [7, 11) is 0. The maximum absolute atomic E-state index is 11.1. The lowest BCUT2D eigenvalue weighted by molar-refractivity contribution is -0.159. The molecule has 0 radical (unpaired) electrons. The van der Waals surface area contributed by atoms with Crippen LogP contribution in [-0.2, 0) is 19.1 Å². The molecule has 142 valence electrons. The largest absolute Gasteiger partial charge is 0.473 e. The van der Waals surface area contributed by atoms with Crippen LogP contribution in [0.1, 0.15) is 78.1 Å². The van der Waals surface area contributed by atoms with E-state index in [0.29, 0.717) is 6.61 Å². The van der Waals surface area contributed by atoms with Gasteiger partial charge in [0.1, 0.15) is 6.04 Å². The molecule has 0 fully saturated rings. The number of esters is 1. The fourth-order valence-electron chi connectivity index (χ4n) is 1.89. The monoisotopic (exact) mass is 347 g/mol. The zero-order valence-corrected chi connectivity index (χ0v) is 15.0. The molecule has 7 nitrogen and oxygen atoms in total. The molecular formula is C17H33NO6. The zero-order chi connectivity index (χ0) is 18.8. The van der Waals surface area contributed by atoms with Crippen molar-refractivity contribution in [3.63, 3.8) is 0 Å². The lowest BCUT2D eigenvalue weighted by Crippen LogP contribution is -2.28. The molecular weight excluding hydrogens is 314 g/mol. The van der Waals surface area contributed by atoms with Gasteiger partial charge in [0.15, 0.2) is 0 Å². The fraction of sp³-hybridized carbons (Fsp3) is 0.824. The van der Waals surface area contributed by atoms with Crippen LogP contribution < -0.4 is 5.73 Å². The molecule has 0 saturated heterocycles. The quantitative estimate of drug-likeness (QED) is 0.281. The zero-order valence-electron chi connectivity index (χ0n) is 15.0. The molecule has 4 N–H and O–H groups in total. The number of nitrogens with two attached hydrogens (primary N) is 1. The van der Waals surface area contributed by atoms with Gasteiger partial charge in [0, 0.05) is 0 Å². The minimum absolute atomic E-state index is 0.286. The van der Waals surface area contributed by atoms with Crippen LogP contribution in [0.4, 0.5) is 0 Å². The highest BCUT2D eigenvalue weighted by Gasteiger charge is 2.07. The molecule has 0 aromatic rings. The van der Waals surface area contributed by atoms with Gasteiger partial charge in [-0.25, -0.2) is 9.59 Å². The number of ether oxygens (including phenoxy) is 1. The van der Waals surface area contributed by atoms with Crippen LogP contribution in [0.15, 0.2) is 0 Å². The second kappa shape index (κ2) is 17.7. The summed E-state index contributed by atoms with van der Waals surface area (Å²) in [6, 6.07) is -0.492. The van der Waals surface area contributed by atoms with E-state index in [9.17, 15) is 4.79 Å². The Hall–Kier alpha value is -1.63. The average molecular weight is 347 g/mol. The number of carbonyl (C=O) groups is 3. The molecule has 7 heteroatoms. The number of aliphatic carboxylic acids is 2. The van der Waals surface area contributed by atoms with E-state index in [1.165, 1.54) is 51.4 Å². The minimum atomic E-state index is -1.82. The molecule has 0 aromatic heterocycles. The summed E-state index contributed by atoms with van der Waals surface area (Å²) >= 11 is 0. The van der Waals surface area contributed by atoms with Gasteiger partial charge in [0.05, 0.1) is 6.61 Å². The first-order valence-corrected chi connectivity index (χ1v) is 8.71. The third-order valence-electron chi connectivity index (χ3n) is 3.30. The van der Waals surface area contributed by atoms with Crippen LogP contribution in [0, 0.1) is 0 Å². The summed E-state index contributed by atoms with van der Waals surface area (Å²) in [5, 5.41) is 14.8. The van der Waals surface area contributed by atoms with Crippen LogP contribution in [-0.4, -0.2) is 40.8 Å². The molecule has 1 unspecified atom stereocenters. The Bertz CT molecular complexity index is 332. The predicted octanol–water partition coefficient (Wildman–Crippen LogP) is 2.95. The van der Waals surface area contributed by atoms with Gasteiger partial charge in [-0.1, -0.05) is 64.7 Å². The summed E-state index contributed by atoms with van der Waals surface area (Å²) in [6.45, 7) is 4.43. The van der Waals surface area contributed by atoms with Crippen molar-refractivity contribution in [3.8, 4) is 0 Å². The van der Waals surface area contributed by atoms with Crippen molar-refractivity contribution < 1.29 is 29.3 Å². The topological polar surface area (TPSA) is 127 Å².